The van der Waals surface area contributed by atoms with Crippen LogP contribution in [0.1, 0.15) is 12.5 Å². The Kier molecular flexibility index (Phi) is 4.69. The molecule has 1 saturated heterocycles. The van der Waals surface area contributed by atoms with E-state index < -0.39 is 10.0 Å². The Balaban J connectivity index is 1.50. The van der Waals surface area contributed by atoms with E-state index in [1.54, 1.807) is 39.9 Å². The summed E-state index contributed by atoms with van der Waals surface area (Å²) >= 11 is 1.69. The van der Waals surface area contributed by atoms with Gasteiger partial charge in [-0.3, -0.25) is 0 Å². The van der Waals surface area contributed by atoms with E-state index in [9.17, 15) is 8.42 Å². The number of hydrogen-bond acceptors (Lipinski definition) is 5. The molecule has 136 valence electrons. The highest BCUT2D eigenvalue weighted by Gasteiger charge is 2.29. The second-order valence-electron chi connectivity index (χ2n) is 6.36. The maximum absolute atomic E-state index is 12.7. The predicted octanol–water partition coefficient (Wildman–Crippen LogP) is 3.37. The minimum Gasteiger partial charge on any atom is -0.345 e. The SMILES string of the molecule is CCc1ccc2nc(N3CCN(S(=O)(=O)c4ccccc4)CC3)sc2c1. The first-order valence-electron chi connectivity index (χ1n) is 8.77. The van der Waals surface area contributed by atoms with Gasteiger partial charge in [0, 0.05) is 26.2 Å². The van der Waals surface area contributed by atoms with Crippen molar-refractivity contribution in [2.45, 2.75) is 18.2 Å². The average Bonchev–Trinajstić information content (AvgIpc) is 3.12. The van der Waals surface area contributed by atoms with Gasteiger partial charge in [-0.1, -0.05) is 42.5 Å². The lowest BCUT2D eigenvalue weighted by Crippen LogP contribution is -2.48. The van der Waals surface area contributed by atoms with Gasteiger partial charge < -0.3 is 4.90 Å². The third kappa shape index (κ3) is 3.22. The summed E-state index contributed by atoms with van der Waals surface area (Å²) < 4.78 is 28.2. The molecule has 0 N–H and O–H groups in total. The second-order valence-corrected chi connectivity index (χ2v) is 9.30. The Morgan fingerprint density at radius 1 is 1.04 bits per heavy atom. The zero-order valence-corrected chi connectivity index (χ0v) is 16.3. The molecule has 0 atom stereocenters. The highest BCUT2D eigenvalue weighted by atomic mass is 32.2. The highest BCUT2D eigenvalue weighted by Crippen LogP contribution is 2.30. The van der Waals surface area contributed by atoms with Gasteiger partial charge in [-0.05, 0) is 36.2 Å². The van der Waals surface area contributed by atoms with Crippen LogP contribution in [0.25, 0.3) is 10.2 Å². The molecule has 3 aromatic rings. The van der Waals surface area contributed by atoms with Crippen LogP contribution in [0.4, 0.5) is 5.13 Å². The molecule has 2 aromatic carbocycles. The molecule has 4 rings (SSSR count). The van der Waals surface area contributed by atoms with Crippen molar-refractivity contribution in [1.29, 1.82) is 0 Å². The molecule has 0 unspecified atom stereocenters. The molecule has 2 heterocycles. The maximum Gasteiger partial charge on any atom is 0.243 e. The Morgan fingerprint density at radius 3 is 2.46 bits per heavy atom. The lowest BCUT2D eigenvalue weighted by atomic mass is 10.2. The molecule has 0 radical (unpaired) electrons. The fraction of sp³-hybridized carbons (Fsp3) is 0.316. The zero-order chi connectivity index (χ0) is 18.1. The average molecular weight is 388 g/mol. The summed E-state index contributed by atoms with van der Waals surface area (Å²) in [7, 11) is -3.41. The standard InChI is InChI=1S/C19H21N3O2S2/c1-2-15-8-9-17-18(14-15)25-19(20-17)21-10-12-22(13-11-21)26(23,24)16-6-4-3-5-7-16/h3-9,14H,2,10-13H2,1H3. The number of rotatable bonds is 4. The lowest BCUT2D eigenvalue weighted by Gasteiger charge is -2.33. The lowest BCUT2D eigenvalue weighted by molar-refractivity contribution is 0.385. The van der Waals surface area contributed by atoms with Gasteiger partial charge in [0.1, 0.15) is 0 Å². The van der Waals surface area contributed by atoms with Crippen molar-refractivity contribution >= 4 is 36.7 Å². The molecule has 1 aliphatic heterocycles. The molecule has 26 heavy (non-hydrogen) atoms. The summed E-state index contributed by atoms with van der Waals surface area (Å²) in [6.07, 6.45) is 1.01. The van der Waals surface area contributed by atoms with E-state index in [1.807, 2.05) is 6.07 Å². The van der Waals surface area contributed by atoms with E-state index in [2.05, 4.69) is 30.0 Å². The molecule has 7 heteroatoms. The normalized spacial score (nSPS) is 16.3. The Morgan fingerprint density at radius 2 is 1.77 bits per heavy atom. The molecule has 0 aliphatic carbocycles. The van der Waals surface area contributed by atoms with Crippen molar-refractivity contribution in [3.63, 3.8) is 0 Å². The van der Waals surface area contributed by atoms with Crippen LogP contribution in [-0.4, -0.2) is 43.9 Å². The number of aryl methyl sites for hydroxylation is 1. The molecular formula is C19H21N3O2S2. The van der Waals surface area contributed by atoms with Crippen LogP contribution in [0.15, 0.2) is 53.4 Å². The number of piperazine rings is 1. The van der Waals surface area contributed by atoms with Crippen LogP contribution in [0, 0.1) is 0 Å². The quantitative estimate of drug-likeness (QED) is 0.689. The van der Waals surface area contributed by atoms with Gasteiger partial charge in [-0.15, -0.1) is 0 Å². The maximum atomic E-state index is 12.7. The summed E-state index contributed by atoms with van der Waals surface area (Å²) in [6.45, 7) is 4.43. The second kappa shape index (κ2) is 6.98. The molecule has 0 bridgehead atoms. The molecule has 5 nitrogen and oxygen atoms in total. The first kappa shape index (κ1) is 17.5. The Labute approximate surface area is 157 Å². The van der Waals surface area contributed by atoms with Crippen LogP contribution in [0.2, 0.25) is 0 Å². The van der Waals surface area contributed by atoms with Crippen molar-refractivity contribution in [2.75, 3.05) is 31.1 Å². The summed E-state index contributed by atoms with van der Waals surface area (Å²) in [5.74, 6) is 0. The van der Waals surface area contributed by atoms with Crippen LogP contribution < -0.4 is 4.90 Å². The van der Waals surface area contributed by atoms with Gasteiger partial charge in [0.15, 0.2) is 5.13 Å². The predicted molar refractivity (Wildman–Crippen MR) is 106 cm³/mol. The number of nitrogens with zero attached hydrogens (tertiary/aromatic N) is 3. The largest absolute Gasteiger partial charge is 0.345 e. The molecule has 1 aliphatic rings. The van der Waals surface area contributed by atoms with Gasteiger partial charge in [0.05, 0.1) is 15.1 Å². The molecule has 0 amide bonds. The number of hydrogen-bond donors (Lipinski definition) is 0. The van der Waals surface area contributed by atoms with E-state index in [4.69, 9.17) is 4.98 Å². The van der Waals surface area contributed by atoms with E-state index >= 15 is 0 Å². The van der Waals surface area contributed by atoms with Crippen LogP contribution in [0.3, 0.4) is 0 Å². The van der Waals surface area contributed by atoms with Gasteiger partial charge in [-0.25, -0.2) is 13.4 Å². The smallest absolute Gasteiger partial charge is 0.243 e. The third-order valence-electron chi connectivity index (χ3n) is 4.74. The minimum absolute atomic E-state index is 0.362. The minimum atomic E-state index is -3.41. The summed E-state index contributed by atoms with van der Waals surface area (Å²) in [5, 5.41) is 0.977. The van der Waals surface area contributed by atoms with Gasteiger partial charge in [-0.2, -0.15) is 4.31 Å². The van der Waals surface area contributed by atoms with Crippen LogP contribution >= 0.6 is 11.3 Å². The van der Waals surface area contributed by atoms with Crippen LogP contribution in [-0.2, 0) is 16.4 Å². The van der Waals surface area contributed by atoms with Crippen molar-refractivity contribution in [3.8, 4) is 0 Å². The highest BCUT2D eigenvalue weighted by molar-refractivity contribution is 7.89. The molecular weight excluding hydrogens is 366 g/mol. The fourth-order valence-electron chi connectivity index (χ4n) is 3.17. The number of thiazole rings is 1. The Bertz CT molecular complexity index is 1010. The summed E-state index contributed by atoms with van der Waals surface area (Å²) in [6, 6.07) is 15.0. The van der Waals surface area contributed by atoms with E-state index in [1.165, 1.54) is 10.3 Å². The fourth-order valence-corrected chi connectivity index (χ4v) is 5.70. The van der Waals surface area contributed by atoms with Crippen molar-refractivity contribution in [1.82, 2.24) is 9.29 Å². The number of fused-ring (bicyclic) bond motifs is 1. The molecule has 1 aromatic heterocycles. The molecule has 0 spiro atoms. The molecule has 0 saturated carbocycles. The summed E-state index contributed by atoms with van der Waals surface area (Å²) in [5.41, 5.74) is 2.33. The third-order valence-corrected chi connectivity index (χ3v) is 7.73. The van der Waals surface area contributed by atoms with Crippen LogP contribution in [0.5, 0.6) is 0 Å². The first-order valence-corrected chi connectivity index (χ1v) is 11.0. The number of benzene rings is 2. The zero-order valence-electron chi connectivity index (χ0n) is 14.6. The van der Waals surface area contributed by atoms with Crippen molar-refractivity contribution in [2.24, 2.45) is 0 Å². The first-order chi connectivity index (χ1) is 12.6. The number of sulfonamides is 1. The van der Waals surface area contributed by atoms with Gasteiger partial charge in [0.2, 0.25) is 10.0 Å². The monoisotopic (exact) mass is 387 g/mol. The van der Waals surface area contributed by atoms with E-state index in [0.717, 1.165) is 17.1 Å². The van der Waals surface area contributed by atoms with Crippen molar-refractivity contribution in [3.05, 3.63) is 54.1 Å². The van der Waals surface area contributed by atoms with E-state index in [0.29, 0.717) is 31.1 Å². The topological polar surface area (TPSA) is 53.5 Å². The summed E-state index contributed by atoms with van der Waals surface area (Å²) in [4.78, 5) is 7.28. The molecule has 1 fully saturated rings. The number of aromatic nitrogens is 1. The van der Waals surface area contributed by atoms with Gasteiger partial charge in [0.25, 0.3) is 0 Å². The van der Waals surface area contributed by atoms with Gasteiger partial charge >= 0.3 is 0 Å². The number of anilines is 1. The van der Waals surface area contributed by atoms with E-state index in [-0.39, 0.29) is 0 Å². The van der Waals surface area contributed by atoms with Crippen molar-refractivity contribution < 1.29 is 8.42 Å². The Hall–Kier alpha value is -1.96.